The van der Waals surface area contributed by atoms with Crippen LogP contribution in [0.25, 0.3) is 5.13 Å². The second-order valence-electron chi connectivity index (χ2n) is 7.41. The van der Waals surface area contributed by atoms with Crippen molar-refractivity contribution in [2.45, 2.75) is 38.6 Å². The molecule has 2 fully saturated rings. The largest absolute Gasteiger partial charge is 0.354 e. The van der Waals surface area contributed by atoms with Crippen LogP contribution in [-0.2, 0) is 4.79 Å². The quantitative estimate of drug-likeness (QED) is 0.821. The Morgan fingerprint density at radius 3 is 2.78 bits per heavy atom. The van der Waals surface area contributed by atoms with E-state index in [4.69, 9.17) is 0 Å². The van der Waals surface area contributed by atoms with Gasteiger partial charge in [-0.2, -0.15) is 0 Å². The number of hydrogen-bond donors (Lipinski definition) is 1. The Bertz CT molecular complexity index is 745. The highest BCUT2D eigenvalue weighted by atomic mass is 32.1. The van der Waals surface area contributed by atoms with Crippen LogP contribution in [0.5, 0.6) is 0 Å². The van der Waals surface area contributed by atoms with Crippen LogP contribution in [0, 0.1) is 5.92 Å². The maximum atomic E-state index is 12.7. The number of hydrogen-bond acceptors (Lipinski definition) is 6. The molecule has 2 aromatic rings. The van der Waals surface area contributed by atoms with Gasteiger partial charge in [-0.15, -0.1) is 10.2 Å². The number of aromatic nitrogens is 3. The van der Waals surface area contributed by atoms with Crippen LogP contribution in [0.2, 0.25) is 0 Å². The lowest BCUT2D eigenvalue weighted by atomic mass is 9.97. The third-order valence-corrected chi connectivity index (χ3v) is 6.71. The van der Waals surface area contributed by atoms with Gasteiger partial charge in [0.25, 0.3) is 0 Å². The van der Waals surface area contributed by atoms with Gasteiger partial charge in [-0.25, -0.2) is 0 Å². The van der Waals surface area contributed by atoms with Crippen molar-refractivity contribution in [3.8, 4) is 5.13 Å². The number of rotatable bonds is 6. The second kappa shape index (κ2) is 8.39. The first-order valence-corrected chi connectivity index (χ1v) is 10.8. The van der Waals surface area contributed by atoms with Crippen LogP contribution in [0.15, 0.2) is 24.5 Å². The molecule has 4 rings (SSSR count). The summed E-state index contributed by atoms with van der Waals surface area (Å²) in [5.74, 6) is 0.229. The molecule has 4 heterocycles. The predicted molar refractivity (Wildman–Crippen MR) is 107 cm³/mol. The van der Waals surface area contributed by atoms with Gasteiger partial charge in [0.05, 0.1) is 5.92 Å². The van der Waals surface area contributed by atoms with Gasteiger partial charge in [0.15, 0.2) is 0 Å². The molecule has 2 saturated heterocycles. The fourth-order valence-electron chi connectivity index (χ4n) is 4.17. The van der Waals surface area contributed by atoms with E-state index < -0.39 is 0 Å². The van der Waals surface area contributed by atoms with Gasteiger partial charge in [-0.3, -0.25) is 14.3 Å². The number of likely N-dealkylation sites (N-methyl/N-ethyl adjacent to an activating group) is 1. The van der Waals surface area contributed by atoms with Crippen molar-refractivity contribution < 1.29 is 4.79 Å². The van der Waals surface area contributed by atoms with Crippen LogP contribution < -0.4 is 10.2 Å². The number of carbonyl (C=O) groups excluding carboxylic acids is 1. The van der Waals surface area contributed by atoms with Crippen LogP contribution in [0.4, 0.5) is 5.13 Å². The minimum Gasteiger partial charge on any atom is -0.354 e. The summed E-state index contributed by atoms with van der Waals surface area (Å²) < 4.78 is 1.97. The number of likely N-dealkylation sites (tertiary alicyclic amines) is 1. The maximum Gasteiger partial charge on any atom is 0.224 e. The smallest absolute Gasteiger partial charge is 0.224 e. The first-order chi connectivity index (χ1) is 13.2. The summed E-state index contributed by atoms with van der Waals surface area (Å²) in [6.45, 7) is 6.88. The first-order valence-electron chi connectivity index (χ1n) is 9.98. The molecule has 0 aromatic carbocycles. The van der Waals surface area contributed by atoms with E-state index in [-0.39, 0.29) is 11.8 Å². The van der Waals surface area contributed by atoms with Crippen molar-refractivity contribution in [1.29, 1.82) is 0 Å². The van der Waals surface area contributed by atoms with Gasteiger partial charge in [-0.1, -0.05) is 18.3 Å². The number of piperidine rings is 1. The second-order valence-corrected chi connectivity index (χ2v) is 8.35. The van der Waals surface area contributed by atoms with Crippen LogP contribution in [0.1, 0.15) is 32.6 Å². The molecule has 7 nitrogen and oxygen atoms in total. The molecule has 1 amide bonds. The Balaban J connectivity index is 1.33. The van der Waals surface area contributed by atoms with Gasteiger partial charge < -0.3 is 10.2 Å². The highest BCUT2D eigenvalue weighted by Crippen LogP contribution is 2.28. The summed E-state index contributed by atoms with van der Waals surface area (Å²) in [4.78, 5) is 17.4. The number of anilines is 1. The van der Waals surface area contributed by atoms with E-state index in [0.29, 0.717) is 6.04 Å². The van der Waals surface area contributed by atoms with Crippen molar-refractivity contribution in [3.63, 3.8) is 0 Å². The summed E-state index contributed by atoms with van der Waals surface area (Å²) >= 11 is 1.58. The molecule has 8 heteroatoms. The van der Waals surface area contributed by atoms with Gasteiger partial charge in [0, 0.05) is 38.1 Å². The lowest BCUT2D eigenvalue weighted by Crippen LogP contribution is -2.46. The first kappa shape index (κ1) is 18.4. The van der Waals surface area contributed by atoms with Crippen LogP contribution in [-0.4, -0.2) is 64.3 Å². The summed E-state index contributed by atoms with van der Waals surface area (Å²) in [6, 6.07) is 4.46. The van der Waals surface area contributed by atoms with Gasteiger partial charge in [0.1, 0.15) is 0 Å². The minimum absolute atomic E-state index is 0.0363. The number of amides is 1. The topological polar surface area (TPSA) is 66.3 Å². The normalized spacial score (nSPS) is 23.7. The summed E-state index contributed by atoms with van der Waals surface area (Å²) in [5.41, 5.74) is 0. The maximum absolute atomic E-state index is 12.7. The van der Waals surface area contributed by atoms with Crippen molar-refractivity contribution in [2.75, 3.05) is 37.6 Å². The van der Waals surface area contributed by atoms with Gasteiger partial charge in [-0.05, 0) is 50.9 Å². The molecule has 2 aliphatic heterocycles. The highest BCUT2D eigenvalue weighted by Gasteiger charge is 2.29. The minimum atomic E-state index is 0.0363. The average molecular weight is 389 g/mol. The molecule has 0 aliphatic carbocycles. The van der Waals surface area contributed by atoms with Crippen molar-refractivity contribution in [3.05, 3.63) is 24.5 Å². The lowest BCUT2D eigenvalue weighted by molar-refractivity contribution is -0.125. The SMILES string of the molecule is CCN1CCCC1CNC(=O)C1CCCN(c2nnc(-n3cccc3)s2)C1. The summed E-state index contributed by atoms with van der Waals surface area (Å²) in [7, 11) is 0. The molecule has 2 atom stereocenters. The van der Waals surface area contributed by atoms with Crippen molar-refractivity contribution in [2.24, 2.45) is 5.92 Å². The third-order valence-electron chi connectivity index (χ3n) is 5.71. The zero-order chi connectivity index (χ0) is 18.6. The Morgan fingerprint density at radius 1 is 1.19 bits per heavy atom. The molecule has 146 valence electrons. The zero-order valence-corrected chi connectivity index (χ0v) is 16.7. The van der Waals surface area contributed by atoms with Crippen molar-refractivity contribution in [1.82, 2.24) is 25.0 Å². The lowest BCUT2D eigenvalue weighted by Gasteiger charge is -2.32. The standard InChI is InChI=1S/C19H28N6OS/c1-2-23-11-6-8-16(23)13-20-17(26)15-7-5-12-25(14-15)19-22-21-18(27-19)24-9-3-4-10-24/h3-4,9-10,15-16H,2,5-8,11-14H2,1H3,(H,20,26). The zero-order valence-electron chi connectivity index (χ0n) is 15.9. The van der Waals surface area contributed by atoms with E-state index in [1.807, 2.05) is 29.1 Å². The summed E-state index contributed by atoms with van der Waals surface area (Å²) in [6.07, 6.45) is 8.34. The fourth-order valence-corrected chi connectivity index (χ4v) is 5.02. The third kappa shape index (κ3) is 4.16. The Kier molecular flexibility index (Phi) is 5.73. The number of carbonyl (C=O) groups is 1. The molecule has 2 aromatic heterocycles. The van der Waals surface area contributed by atoms with Crippen molar-refractivity contribution >= 4 is 22.4 Å². The highest BCUT2D eigenvalue weighted by molar-refractivity contribution is 7.17. The molecular formula is C19H28N6OS. The molecule has 0 bridgehead atoms. The van der Waals surface area contributed by atoms with E-state index >= 15 is 0 Å². The Hall–Kier alpha value is -1.93. The monoisotopic (exact) mass is 388 g/mol. The number of nitrogens with zero attached hydrogens (tertiary/aromatic N) is 5. The van der Waals surface area contributed by atoms with E-state index in [1.54, 1.807) is 11.3 Å². The molecule has 2 aliphatic rings. The van der Waals surface area contributed by atoms with Crippen LogP contribution in [0.3, 0.4) is 0 Å². The van der Waals surface area contributed by atoms with Gasteiger partial charge >= 0.3 is 0 Å². The molecule has 27 heavy (non-hydrogen) atoms. The van der Waals surface area contributed by atoms with E-state index in [9.17, 15) is 4.79 Å². The molecular weight excluding hydrogens is 360 g/mol. The fraction of sp³-hybridized carbons (Fsp3) is 0.632. The van der Waals surface area contributed by atoms with E-state index in [2.05, 4.69) is 32.2 Å². The predicted octanol–water partition coefficient (Wildman–Crippen LogP) is 2.15. The number of nitrogens with one attached hydrogen (secondary N) is 1. The Morgan fingerprint density at radius 2 is 1.96 bits per heavy atom. The molecule has 2 unspecified atom stereocenters. The Labute approximate surface area is 164 Å². The molecule has 1 N–H and O–H groups in total. The van der Waals surface area contributed by atoms with E-state index in [1.165, 1.54) is 12.8 Å². The molecule has 0 saturated carbocycles. The van der Waals surface area contributed by atoms with E-state index in [0.717, 1.165) is 55.8 Å². The summed E-state index contributed by atoms with van der Waals surface area (Å²) in [5, 5.41) is 13.6. The molecule has 0 spiro atoms. The van der Waals surface area contributed by atoms with Crippen LogP contribution >= 0.6 is 11.3 Å². The average Bonchev–Trinajstić information content (AvgIpc) is 3.47. The van der Waals surface area contributed by atoms with Gasteiger partial charge in [0.2, 0.25) is 16.2 Å². The molecule has 0 radical (unpaired) electrons.